The van der Waals surface area contributed by atoms with Gasteiger partial charge >= 0.3 is 0 Å². The molecule has 1 aromatic rings. The summed E-state index contributed by atoms with van der Waals surface area (Å²) >= 11 is 11.9. The molecule has 0 saturated carbocycles. The van der Waals surface area contributed by atoms with Gasteiger partial charge in [0.25, 0.3) is 0 Å². The number of nitrogens with one attached hydrogen (secondary N) is 1. The molecule has 0 heterocycles. The molecule has 0 aliphatic heterocycles. The largest absolute Gasteiger partial charge is 0.307 e. The van der Waals surface area contributed by atoms with Crippen LogP contribution in [0.1, 0.15) is 17.2 Å². The minimum absolute atomic E-state index is 0.163. The number of halogens is 2. The average molecular weight is 230 g/mol. The SMILES string of the molecule is ClCCNC1c2ccccc2CC1Cl. The molecule has 0 radical (unpaired) electrons. The Hall–Kier alpha value is -0.240. The number of fused-ring (bicyclic) bond motifs is 1. The highest BCUT2D eigenvalue weighted by Crippen LogP contribution is 2.34. The molecule has 14 heavy (non-hydrogen) atoms. The van der Waals surface area contributed by atoms with Crippen molar-refractivity contribution < 1.29 is 0 Å². The van der Waals surface area contributed by atoms with E-state index in [1.165, 1.54) is 11.1 Å². The van der Waals surface area contributed by atoms with Gasteiger partial charge in [-0.3, -0.25) is 0 Å². The first-order valence-electron chi connectivity index (χ1n) is 4.84. The van der Waals surface area contributed by atoms with Gasteiger partial charge in [-0.1, -0.05) is 24.3 Å². The first-order chi connectivity index (χ1) is 6.83. The average Bonchev–Trinajstić information content (AvgIpc) is 2.51. The molecular formula is C11H13Cl2N. The van der Waals surface area contributed by atoms with Crippen molar-refractivity contribution in [3.63, 3.8) is 0 Å². The first kappa shape index (κ1) is 10.3. The number of hydrogen-bond donors (Lipinski definition) is 1. The van der Waals surface area contributed by atoms with Crippen LogP contribution in [0.2, 0.25) is 0 Å². The van der Waals surface area contributed by atoms with E-state index in [-0.39, 0.29) is 11.4 Å². The molecular weight excluding hydrogens is 217 g/mol. The fourth-order valence-electron chi connectivity index (χ4n) is 1.99. The van der Waals surface area contributed by atoms with Gasteiger partial charge in [-0.2, -0.15) is 0 Å². The number of hydrogen-bond acceptors (Lipinski definition) is 1. The second kappa shape index (κ2) is 4.52. The summed E-state index contributed by atoms with van der Waals surface area (Å²) < 4.78 is 0. The zero-order valence-electron chi connectivity index (χ0n) is 7.84. The van der Waals surface area contributed by atoms with E-state index in [4.69, 9.17) is 23.2 Å². The van der Waals surface area contributed by atoms with Gasteiger partial charge in [-0.05, 0) is 17.5 Å². The lowest BCUT2D eigenvalue weighted by Crippen LogP contribution is -2.27. The molecule has 1 aliphatic rings. The van der Waals surface area contributed by atoms with Gasteiger partial charge in [-0.15, -0.1) is 23.2 Å². The fraction of sp³-hybridized carbons (Fsp3) is 0.455. The first-order valence-corrected chi connectivity index (χ1v) is 5.81. The van der Waals surface area contributed by atoms with E-state index in [1.54, 1.807) is 0 Å². The van der Waals surface area contributed by atoms with E-state index in [9.17, 15) is 0 Å². The van der Waals surface area contributed by atoms with Crippen LogP contribution >= 0.6 is 23.2 Å². The van der Waals surface area contributed by atoms with Gasteiger partial charge in [0.15, 0.2) is 0 Å². The summed E-state index contributed by atoms with van der Waals surface area (Å²) in [6.45, 7) is 0.809. The molecule has 1 nitrogen and oxygen atoms in total. The Bertz CT molecular complexity index is 314. The van der Waals surface area contributed by atoms with Crippen LogP contribution in [0, 0.1) is 0 Å². The lowest BCUT2D eigenvalue weighted by Gasteiger charge is -2.16. The topological polar surface area (TPSA) is 12.0 Å². The standard InChI is InChI=1S/C11H13Cl2N/c12-5-6-14-11-9-4-2-1-3-8(9)7-10(11)13/h1-4,10-11,14H,5-7H2. The summed E-state index contributed by atoms with van der Waals surface area (Å²) in [6, 6.07) is 8.68. The molecule has 1 aliphatic carbocycles. The molecule has 3 heteroatoms. The van der Waals surface area contributed by atoms with Gasteiger partial charge in [0.1, 0.15) is 0 Å². The molecule has 2 unspecified atom stereocenters. The van der Waals surface area contributed by atoms with E-state index in [1.807, 2.05) is 0 Å². The van der Waals surface area contributed by atoms with Crippen LogP contribution in [0.4, 0.5) is 0 Å². The van der Waals surface area contributed by atoms with Gasteiger partial charge in [0, 0.05) is 18.5 Å². The van der Waals surface area contributed by atoms with Crippen molar-refractivity contribution in [2.45, 2.75) is 17.8 Å². The highest BCUT2D eigenvalue weighted by molar-refractivity contribution is 6.21. The Kier molecular flexibility index (Phi) is 3.32. The van der Waals surface area contributed by atoms with Crippen LogP contribution in [0.25, 0.3) is 0 Å². The van der Waals surface area contributed by atoms with Crippen molar-refractivity contribution in [3.05, 3.63) is 35.4 Å². The Morgan fingerprint density at radius 1 is 1.36 bits per heavy atom. The minimum atomic E-state index is 0.163. The third kappa shape index (κ3) is 1.90. The van der Waals surface area contributed by atoms with Crippen LogP contribution in [0.3, 0.4) is 0 Å². The number of rotatable bonds is 3. The maximum absolute atomic E-state index is 6.27. The zero-order chi connectivity index (χ0) is 9.97. The summed E-state index contributed by atoms with van der Waals surface area (Å²) in [4.78, 5) is 0. The second-order valence-electron chi connectivity index (χ2n) is 3.54. The Balaban J connectivity index is 2.17. The summed E-state index contributed by atoms with van der Waals surface area (Å²) in [7, 11) is 0. The molecule has 0 bridgehead atoms. The van der Waals surface area contributed by atoms with Crippen LogP contribution in [0.15, 0.2) is 24.3 Å². The Labute approximate surface area is 94.4 Å². The molecule has 2 rings (SSSR count). The summed E-state index contributed by atoms with van der Waals surface area (Å²) in [5, 5.41) is 3.54. The third-order valence-electron chi connectivity index (χ3n) is 2.63. The molecule has 0 spiro atoms. The third-order valence-corrected chi connectivity index (χ3v) is 3.22. The van der Waals surface area contributed by atoms with Gasteiger partial charge in [-0.25, -0.2) is 0 Å². The van der Waals surface area contributed by atoms with Gasteiger partial charge < -0.3 is 5.32 Å². The molecule has 0 aromatic heterocycles. The van der Waals surface area contributed by atoms with E-state index >= 15 is 0 Å². The van der Waals surface area contributed by atoms with Crippen molar-refractivity contribution >= 4 is 23.2 Å². The zero-order valence-corrected chi connectivity index (χ0v) is 9.35. The summed E-state index contributed by atoms with van der Waals surface area (Å²) in [6.07, 6.45) is 0.956. The monoisotopic (exact) mass is 229 g/mol. The van der Waals surface area contributed by atoms with E-state index in [2.05, 4.69) is 29.6 Å². The van der Waals surface area contributed by atoms with Crippen molar-refractivity contribution in [1.29, 1.82) is 0 Å². The van der Waals surface area contributed by atoms with Gasteiger partial charge in [0.05, 0.1) is 5.38 Å². The van der Waals surface area contributed by atoms with E-state index in [0.717, 1.165) is 13.0 Å². The predicted molar refractivity (Wildman–Crippen MR) is 61.3 cm³/mol. The molecule has 1 aromatic carbocycles. The van der Waals surface area contributed by atoms with Crippen molar-refractivity contribution in [3.8, 4) is 0 Å². The summed E-state index contributed by atoms with van der Waals surface area (Å²) in [5.74, 6) is 0.627. The quantitative estimate of drug-likeness (QED) is 0.787. The normalized spacial score (nSPS) is 25.0. The molecule has 0 fully saturated rings. The Morgan fingerprint density at radius 2 is 2.14 bits per heavy atom. The smallest absolute Gasteiger partial charge is 0.0571 e. The maximum atomic E-state index is 6.27. The van der Waals surface area contributed by atoms with Crippen molar-refractivity contribution in [2.75, 3.05) is 12.4 Å². The second-order valence-corrected chi connectivity index (χ2v) is 4.48. The number of benzene rings is 1. The molecule has 2 atom stereocenters. The van der Waals surface area contributed by atoms with Crippen molar-refractivity contribution in [1.82, 2.24) is 5.32 Å². The predicted octanol–water partition coefficient (Wildman–Crippen LogP) is 2.72. The van der Waals surface area contributed by atoms with E-state index < -0.39 is 0 Å². The van der Waals surface area contributed by atoms with Crippen LogP contribution in [-0.4, -0.2) is 17.8 Å². The fourth-order valence-corrected chi connectivity index (χ4v) is 2.49. The lowest BCUT2D eigenvalue weighted by atomic mass is 10.1. The molecule has 0 amide bonds. The highest BCUT2D eigenvalue weighted by Gasteiger charge is 2.29. The van der Waals surface area contributed by atoms with Crippen LogP contribution < -0.4 is 5.32 Å². The van der Waals surface area contributed by atoms with Crippen molar-refractivity contribution in [2.24, 2.45) is 0 Å². The minimum Gasteiger partial charge on any atom is -0.307 e. The van der Waals surface area contributed by atoms with E-state index in [0.29, 0.717) is 5.88 Å². The molecule has 76 valence electrons. The molecule has 0 saturated heterocycles. The highest BCUT2D eigenvalue weighted by atomic mass is 35.5. The maximum Gasteiger partial charge on any atom is 0.0571 e. The number of alkyl halides is 2. The lowest BCUT2D eigenvalue weighted by molar-refractivity contribution is 0.557. The van der Waals surface area contributed by atoms with Crippen LogP contribution in [-0.2, 0) is 6.42 Å². The molecule has 1 N–H and O–H groups in total. The summed E-state index contributed by atoms with van der Waals surface area (Å²) in [5.41, 5.74) is 2.69. The van der Waals surface area contributed by atoms with Crippen LogP contribution in [0.5, 0.6) is 0 Å². The van der Waals surface area contributed by atoms with Gasteiger partial charge in [0.2, 0.25) is 0 Å². The Morgan fingerprint density at radius 3 is 2.93 bits per heavy atom.